The summed E-state index contributed by atoms with van der Waals surface area (Å²) in [6.45, 7) is 3.68. The highest BCUT2D eigenvalue weighted by atomic mass is 16.5. The number of hydrogen-bond acceptors (Lipinski definition) is 5. The zero-order valence-corrected chi connectivity index (χ0v) is 14.0. The molecule has 1 heterocycles. The Morgan fingerprint density at radius 2 is 2.04 bits per heavy atom. The third kappa shape index (κ3) is 3.68. The number of carbonyl (C=O) groups is 2. The van der Waals surface area contributed by atoms with Crippen LogP contribution in [0, 0.1) is 6.92 Å². The summed E-state index contributed by atoms with van der Waals surface area (Å²) in [5, 5.41) is 2.80. The molecule has 0 aliphatic heterocycles. The maximum Gasteiger partial charge on any atom is 0.339 e. The van der Waals surface area contributed by atoms with Crippen molar-refractivity contribution in [1.82, 2.24) is 4.98 Å². The molecule has 1 atom stereocenters. The van der Waals surface area contributed by atoms with Crippen molar-refractivity contribution in [3.8, 4) is 0 Å². The van der Waals surface area contributed by atoms with Crippen LogP contribution >= 0.6 is 0 Å². The van der Waals surface area contributed by atoms with E-state index >= 15 is 0 Å². The maximum absolute atomic E-state index is 12.4. The minimum Gasteiger partial charge on any atom is -0.449 e. The van der Waals surface area contributed by atoms with Gasteiger partial charge in [-0.2, -0.15) is 0 Å². The van der Waals surface area contributed by atoms with Gasteiger partial charge in [0.25, 0.3) is 5.91 Å². The molecule has 0 aliphatic carbocycles. The lowest BCUT2D eigenvalue weighted by atomic mass is 10.1. The Balaban J connectivity index is 1.71. The molecule has 1 aromatic heterocycles. The van der Waals surface area contributed by atoms with Crippen molar-refractivity contribution in [1.29, 1.82) is 0 Å². The van der Waals surface area contributed by atoms with Crippen molar-refractivity contribution in [2.24, 2.45) is 0 Å². The van der Waals surface area contributed by atoms with Crippen LogP contribution in [0.3, 0.4) is 0 Å². The first-order valence-electron chi connectivity index (χ1n) is 7.99. The van der Waals surface area contributed by atoms with E-state index in [1.165, 1.54) is 6.39 Å². The first-order valence-corrected chi connectivity index (χ1v) is 7.99. The van der Waals surface area contributed by atoms with Crippen LogP contribution < -0.4 is 5.32 Å². The van der Waals surface area contributed by atoms with Crippen LogP contribution in [-0.2, 0) is 9.53 Å². The third-order valence-corrected chi connectivity index (χ3v) is 3.88. The van der Waals surface area contributed by atoms with Gasteiger partial charge in [-0.25, -0.2) is 9.78 Å². The second kappa shape index (κ2) is 7.17. The number of anilines is 1. The van der Waals surface area contributed by atoms with Crippen LogP contribution in [0.15, 0.2) is 53.3 Å². The zero-order chi connectivity index (χ0) is 17.8. The Morgan fingerprint density at radius 3 is 2.80 bits per heavy atom. The van der Waals surface area contributed by atoms with Gasteiger partial charge in [0.15, 0.2) is 18.1 Å². The molecular weight excluding hydrogens is 320 g/mol. The second-order valence-corrected chi connectivity index (χ2v) is 5.64. The summed E-state index contributed by atoms with van der Waals surface area (Å²) in [5.41, 5.74) is 3.09. The lowest BCUT2D eigenvalue weighted by Gasteiger charge is -2.17. The number of aromatic nitrogens is 1. The number of ether oxygens (including phenoxy) is 1. The molecule has 25 heavy (non-hydrogen) atoms. The van der Waals surface area contributed by atoms with Crippen LogP contribution in [0.2, 0.25) is 0 Å². The van der Waals surface area contributed by atoms with Gasteiger partial charge in [-0.05, 0) is 43.2 Å². The monoisotopic (exact) mass is 338 g/mol. The lowest BCUT2D eigenvalue weighted by molar-refractivity contribution is -0.124. The van der Waals surface area contributed by atoms with Crippen molar-refractivity contribution in [3.05, 3.63) is 60.0 Å². The van der Waals surface area contributed by atoms with Gasteiger partial charge >= 0.3 is 5.97 Å². The predicted molar refractivity (Wildman–Crippen MR) is 93.3 cm³/mol. The van der Waals surface area contributed by atoms with Gasteiger partial charge < -0.3 is 14.5 Å². The van der Waals surface area contributed by atoms with Gasteiger partial charge in [-0.1, -0.05) is 25.1 Å². The molecule has 3 rings (SSSR count). The fourth-order valence-corrected chi connectivity index (χ4v) is 2.43. The van der Waals surface area contributed by atoms with Crippen molar-refractivity contribution in [2.45, 2.75) is 26.4 Å². The predicted octanol–water partition coefficient (Wildman–Crippen LogP) is 3.71. The molecule has 0 saturated carbocycles. The number of rotatable bonds is 5. The summed E-state index contributed by atoms with van der Waals surface area (Å²) >= 11 is 0. The number of esters is 1. The second-order valence-electron chi connectivity index (χ2n) is 5.64. The summed E-state index contributed by atoms with van der Waals surface area (Å²) < 4.78 is 10.6. The summed E-state index contributed by atoms with van der Waals surface area (Å²) in [4.78, 5) is 28.8. The zero-order valence-electron chi connectivity index (χ0n) is 14.0. The van der Waals surface area contributed by atoms with E-state index in [1.807, 2.05) is 25.1 Å². The van der Waals surface area contributed by atoms with E-state index in [2.05, 4.69) is 10.3 Å². The molecular formula is C19H18N2O4. The smallest absolute Gasteiger partial charge is 0.339 e. The van der Waals surface area contributed by atoms with E-state index in [-0.39, 0.29) is 5.91 Å². The standard InChI is InChI=1S/C19H18N2O4/c1-3-16(18(22)21-14-7-5-4-6-12(14)2)25-19(23)13-8-9-15-17(10-13)24-11-20-15/h4-11,16H,3H2,1-2H3,(H,21,22). The number of aryl methyl sites for hydroxylation is 1. The van der Waals surface area contributed by atoms with Crippen molar-refractivity contribution < 1.29 is 18.7 Å². The van der Waals surface area contributed by atoms with E-state index in [0.29, 0.717) is 28.8 Å². The summed E-state index contributed by atoms with van der Waals surface area (Å²) in [6, 6.07) is 12.2. The third-order valence-electron chi connectivity index (χ3n) is 3.88. The fourth-order valence-electron chi connectivity index (χ4n) is 2.43. The van der Waals surface area contributed by atoms with Gasteiger partial charge in [0.05, 0.1) is 5.56 Å². The Bertz CT molecular complexity index is 916. The minimum absolute atomic E-state index is 0.311. The molecule has 0 aliphatic rings. The fraction of sp³-hybridized carbons (Fsp3) is 0.211. The quantitative estimate of drug-likeness (QED) is 0.717. The van der Waals surface area contributed by atoms with Crippen molar-refractivity contribution in [2.75, 3.05) is 5.32 Å². The number of nitrogens with one attached hydrogen (secondary N) is 1. The molecule has 2 aromatic carbocycles. The summed E-state index contributed by atoms with van der Waals surface area (Å²) in [6.07, 6.45) is 0.802. The van der Waals surface area contributed by atoms with Gasteiger partial charge in [-0.15, -0.1) is 0 Å². The normalized spacial score (nSPS) is 11.9. The van der Waals surface area contributed by atoms with Crippen LogP contribution in [0.4, 0.5) is 5.69 Å². The number of fused-ring (bicyclic) bond motifs is 1. The topological polar surface area (TPSA) is 81.4 Å². The van der Waals surface area contributed by atoms with E-state index in [1.54, 1.807) is 31.2 Å². The Hall–Kier alpha value is -3.15. The molecule has 128 valence electrons. The maximum atomic E-state index is 12.4. The molecule has 1 unspecified atom stereocenters. The van der Waals surface area contributed by atoms with Crippen molar-refractivity contribution in [3.63, 3.8) is 0 Å². The van der Waals surface area contributed by atoms with E-state index in [4.69, 9.17) is 9.15 Å². The Kier molecular flexibility index (Phi) is 4.79. The first kappa shape index (κ1) is 16.7. The number of hydrogen-bond donors (Lipinski definition) is 1. The van der Waals surface area contributed by atoms with Gasteiger partial charge in [-0.3, -0.25) is 4.79 Å². The Labute approximate surface area is 144 Å². The molecule has 0 radical (unpaired) electrons. The van der Waals surface area contributed by atoms with Gasteiger partial charge in [0.1, 0.15) is 5.52 Å². The highest BCUT2D eigenvalue weighted by molar-refractivity contribution is 5.98. The number of para-hydroxylation sites is 1. The minimum atomic E-state index is -0.877. The van der Waals surface area contributed by atoms with Crippen LogP contribution in [0.1, 0.15) is 29.3 Å². The molecule has 0 fully saturated rings. The lowest BCUT2D eigenvalue weighted by Crippen LogP contribution is -2.32. The molecule has 6 nitrogen and oxygen atoms in total. The average Bonchev–Trinajstić information content (AvgIpc) is 3.09. The molecule has 0 spiro atoms. The van der Waals surface area contributed by atoms with Crippen LogP contribution in [0.5, 0.6) is 0 Å². The molecule has 0 bridgehead atoms. The van der Waals surface area contributed by atoms with E-state index < -0.39 is 12.1 Å². The van der Waals surface area contributed by atoms with E-state index in [9.17, 15) is 9.59 Å². The Morgan fingerprint density at radius 1 is 1.24 bits per heavy atom. The molecule has 1 N–H and O–H groups in total. The highest BCUT2D eigenvalue weighted by Crippen LogP contribution is 2.17. The molecule has 1 amide bonds. The largest absolute Gasteiger partial charge is 0.449 e. The highest BCUT2D eigenvalue weighted by Gasteiger charge is 2.23. The van der Waals surface area contributed by atoms with Gasteiger partial charge in [0, 0.05) is 5.69 Å². The van der Waals surface area contributed by atoms with Crippen molar-refractivity contribution >= 4 is 28.7 Å². The van der Waals surface area contributed by atoms with Crippen LogP contribution in [-0.4, -0.2) is 23.0 Å². The summed E-state index contributed by atoms with van der Waals surface area (Å²) in [7, 11) is 0. The number of amides is 1. The number of oxazole rings is 1. The van der Waals surface area contributed by atoms with Crippen LogP contribution in [0.25, 0.3) is 11.1 Å². The number of nitrogens with zero attached hydrogens (tertiary/aromatic N) is 1. The summed E-state index contributed by atoms with van der Waals surface area (Å²) in [5.74, 6) is -0.934. The molecule has 6 heteroatoms. The molecule has 0 saturated heterocycles. The average molecular weight is 338 g/mol. The molecule has 3 aromatic rings. The first-order chi connectivity index (χ1) is 12.1. The number of benzene rings is 2. The van der Waals surface area contributed by atoms with Gasteiger partial charge in [0.2, 0.25) is 0 Å². The SMILES string of the molecule is CCC(OC(=O)c1ccc2ncoc2c1)C(=O)Nc1ccccc1C. The number of carbonyl (C=O) groups excluding carboxylic acids is 2. The van der Waals surface area contributed by atoms with E-state index in [0.717, 1.165) is 5.56 Å².